The summed E-state index contributed by atoms with van der Waals surface area (Å²) in [5.41, 5.74) is 6.85. The zero-order chi connectivity index (χ0) is 20.0. The Balaban J connectivity index is 1.73. The van der Waals surface area contributed by atoms with Gasteiger partial charge in [-0.3, -0.25) is 0 Å². The largest absolute Gasteiger partial charge is 0.220 e. The number of rotatable bonds is 2. The van der Waals surface area contributed by atoms with E-state index in [1.807, 2.05) is 0 Å². The van der Waals surface area contributed by atoms with E-state index in [0.717, 1.165) is 5.92 Å². The molecule has 1 aromatic heterocycles. The summed E-state index contributed by atoms with van der Waals surface area (Å²) in [6, 6.07) is 23.0. The van der Waals surface area contributed by atoms with Gasteiger partial charge in [-0.05, 0) is 65.1 Å². The first-order chi connectivity index (χ1) is 14.1. The van der Waals surface area contributed by atoms with Gasteiger partial charge < -0.3 is 0 Å². The van der Waals surface area contributed by atoms with E-state index in [0.29, 0.717) is 0 Å². The fourth-order valence-electron chi connectivity index (χ4n) is 5.22. The van der Waals surface area contributed by atoms with E-state index in [9.17, 15) is 0 Å². The molecule has 29 heavy (non-hydrogen) atoms. The van der Waals surface area contributed by atoms with Crippen LogP contribution in [0, 0.1) is 13.8 Å². The molecule has 1 heteroatoms. The van der Waals surface area contributed by atoms with Gasteiger partial charge in [-0.1, -0.05) is 61.7 Å². The smallest absolute Gasteiger partial charge is 0.198 e. The highest BCUT2D eigenvalue weighted by atomic mass is 14.9. The van der Waals surface area contributed by atoms with Crippen molar-refractivity contribution in [1.82, 2.24) is 0 Å². The van der Waals surface area contributed by atoms with Gasteiger partial charge in [0.25, 0.3) is 0 Å². The molecule has 1 aliphatic rings. The number of nitrogens with zero attached hydrogens (tertiary/aromatic N) is 1. The topological polar surface area (TPSA) is 3.88 Å². The normalized spacial score (nSPS) is 15.3. The quantitative estimate of drug-likeness (QED) is 0.325. The molecule has 1 nitrogen and oxygen atoms in total. The van der Waals surface area contributed by atoms with E-state index in [1.54, 1.807) is 0 Å². The lowest BCUT2D eigenvalue weighted by Gasteiger charge is -2.22. The summed E-state index contributed by atoms with van der Waals surface area (Å²) >= 11 is 0. The zero-order valence-corrected chi connectivity index (χ0v) is 17.8. The molecule has 146 valence electrons. The lowest BCUT2D eigenvalue weighted by molar-refractivity contribution is -0.665. The molecule has 4 aromatic rings. The maximum absolute atomic E-state index is 2.47. The summed E-state index contributed by atoms with van der Waals surface area (Å²) in [6.07, 6.45) is 6.87. The molecule has 0 amide bonds. The molecule has 0 radical (unpaired) electrons. The first kappa shape index (κ1) is 18.4. The van der Waals surface area contributed by atoms with Crippen LogP contribution in [0.5, 0.6) is 0 Å². The van der Waals surface area contributed by atoms with E-state index in [-0.39, 0.29) is 0 Å². The third kappa shape index (κ3) is 3.23. The number of hydrogen-bond acceptors (Lipinski definition) is 0. The van der Waals surface area contributed by atoms with Crippen molar-refractivity contribution in [2.45, 2.75) is 51.9 Å². The van der Waals surface area contributed by atoms with E-state index in [4.69, 9.17) is 0 Å². The summed E-state index contributed by atoms with van der Waals surface area (Å²) in [7, 11) is 2.20. The number of hydrogen-bond donors (Lipinski definition) is 0. The molecule has 1 heterocycles. The van der Waals surface area contributed by atoms with Crippen LogP contribution >= 0.6 is 0 Å². The second-order valence-electron chi connectivity index (χ2n) is 8.89. The number of aromatic nitrogens is 1. The molecule has 1 fully saturated rings. The monoisotopic (exact) mass is 380 g/mol. The summed E-state index contributed by atoms with van der Waals surface area (Å²) < 4.78 is 2.36. The van der Waals surface area contributed by atoms with Crippen molar-refractivity contribution >= 4 is 21.5 Å². The first-order valence-electron chi connectivity index (χ1n) is 11.0. The van der Waals surface area contributed by atoms with E-state index < -0.39 is 0 Å². The highest BCUT2D eigenvalue weighted by molar-refractivity contribution is 5.97. The van der Waals surface area contributed by atoms with Crippen molar-refractivity contribution < 1.29 is 4.57 Å². The average Bonchev–Trinajstić information content (AvgIpc) is 2.75. The molecular formula is C28H30N+. The molecule has 1 aliphatic carbocycles. The van der Waals surface area contributed by atoms with Crippen molar-refractivity contribution in [3.05, 3.63) is 77.5 Å². The molecular weight excluding hydrogens is 350 g/mol. The Morgan fingerprint density at radius 1 is 0.759 bits per heavy atom. The van der Waals surface area contributed by atoms with Gasteiger partial charge in [-0.2, -0.15) is 4.57 Å². The van der Waals surface area contributed by atoms with E-state index >= 15 is 0 Å². The van der Waals surface area contributed by atoms with Crippen molar-refractivity contribution in [2.24, 2.45) is 7.05 Å². The van der Waals surface area contributed by atoms with E-state index in [1.165, 1.54) is 81.7 Å². The minimum absolute atomic E-state index is 0.744. The van der Waals surface area contributed by atoms with Crippen LogP contribution < -0.4 is 4.57 Å². The Hall–Kier alpha value is -2.67. The van der Waals surface area contributed by atoms with E-state index in [2.05, 4.69) is 86.1 Å². The molecule has 0 unspecified atom stereocenters. The lowest BCUT2D eigenvalue weighted by Crippen LogP contribution is -2.35. The number of benzene rings is 3. The highest BCUT2D eigenvalue weighted by Gasteiger charge is 2.22. The Bertz CT molecular complexity index is 1210. The predicted octanol–water partition coefficient (Wildman–Crippen LogP) is 7.15. The summed E-state index contributed by atoms with van der Waals surface area (Å²) in [5, 5.41) is 5.36. The van der Waals surface area contributed by atoms with Crippen LogP contribution in [0.2, 0.25) is 0 Å². The van der Waals surface area contributed by atoms with Crippen LogP contribution in [0.3, 0.4) is 0 Å². The Morgan fingerprint density at radius 3 is 2.24 bits per heavy atom. The van der Waals surface area contributed by atoms with Crippen molar-refractivity contribution in [3.8, 4) is 11.3 Å². The fraction of sp³-hybridized carbons (Fsp3) is 0.321. The highest BCUT2D eigenvalue weighted by Crippen LogP contribution is 2.36. The van der Waals surface area contributed by atoms with Crippen molar-refractivity contribution in [3.63, 3.8) is 0 Å². The van der Waals surface area contributed by atoms with Gasteiger partial charge >= 0.3 is 0 Å². The third-order valence-corrected chi connectivity index (χ3v) is 6.98. The van der Waals surface area contributed by atoms with Gasteiger partial charge in [0, 0.05) is 13.0 Å². The molecule has 0 atom stereocenters. The average molecular weight is 381 g/mol. The fourth-order valence-corrected chi connectivity index (χ4v) is 5.22. The van der Waals surface area contributed by atoms with Gasteiger partial charge in [0.15, 0.2) is 5.69 Å². The minimum Gasteiger partial charge on any atom is -0.198 e. The van der Waals surface area contributed by atoms with Crippen molar-refractivity contribution in [1.29, 1.82) is 0 Å². The molecule has 1 saturated carbocycles. The molecule has 0 spiro atoms. The molecule has 0 aliphatic heterocycles. The molecule has 0 N–H and O–H groups in total. The third-order valence-electron chi connectivity index (χ3n) is 6.98. The Kier molecular flexibility index (Phi) is 4.62. The lowest BCUT2D eigenvalue weighted by atomic mass is 9.83. The minimum atomic E-state index is 0.744. The van der Waals surface area contributed by atoms with Crippen LogP contribution in [0.25, 0.3) is 32.8 Å². The van der Waals surface area contributed by atoms with Gasteiger partial charge in [-0.15, -0.1) is 0 Å². The zero-order valence-electron chi connectivity index (χ0n) is 17.8. The number of aryl methyl sites for hydroxylation is 2. The maximum Gasteiger partial charge on any atom is 0.220 e. The summed E-state index contributed by atoms with van der Waals surface area (Å²) in [4.78, 5) is 0. The van der Waals surface area contributed by atoms with Crippen LogP contribution in [-0.2, 0) is 7.05 Å². The van der Waals surface area contributed by atoms with Gasteiger partial charge in [-0.25, -0.2) is 0 Å². The predicted molar refractivity (Wildman–Crippen MR) is 123 cm³/mol. The molecule has 5 rings (SSSR count). The van der Waals surface area contributed by atoms with Crippen LogP contribution in [0.15, 0.2) is 60.7 Å². The standard InChI is InChI=1S/C28H30N/c1-19-15-22-11-7-8-12-23(22)18-27(19)28-26-14-13-24(21-9-5-4-6-10-21)17-25(26)16-20(2)29(28)3/h7-8,11-18,21H,4-6,9-10H2,1-3H3/q+1. The SMILES string of the molecule is Cc1cc2ccccc2cc1-c1c2ccc(C3CCCCC3)cc2cc(C)[n+]1C. The number of pyridine rings is 1. The van der Waals surface area contributed by atoms with Gasteiger partial charge in [0.05, 0.1) is 10.9 Å². The summed E-state index contributed by atoms with van der Waals surface area (Å²) in [5.74, 6) is 0.744. The van der Waals surface area contributed by atoms with Crippen LogP contribution in [0.4, 0.5) is 0 Å². The van der Waals surface area contributed by atoms with Crippen molar-refractivity contribution in [2.75, 3.05) is 0 Å². The van der Waals surface area contributed by atoms with Gasteiger partial charge in [0.1, 0.15) is 7.05 Å². The molecule has 0 saturated heterocycles. The second kappa shape index (κ2) is 7.30. The first-order valence-corrected chi connectivity index (χ1v) is 11.0. The second-order valence-corrected chi connectivity index (χ2v) is 8.89. The Morgan fingerprint density at radius 2 is 1.48 bits per heavy atom. The Labute approximate surface area is 174 Å². The van der Waals surface area contributed by atoms with Crippen LogP contribution in [-0.4, -0.2) is 0 Å². The van der Waals surface area contributed by atoms with Gasteiger partial charge in [0.2, 0.25) is 5.69 Å². The molecule has 3 aromatic carbocycles. The molecule has 0 bridgehead atoms. The maximum atomic E-state index is 2.47. The number of fused-ring (bicyclic) bond motifs is 2. The summed E-state index contributed by atoms with van der Waals surface area (Å²) in [6.45, 7) is 4.47. The van der Waals surface area contributed by atoms with Crippen LogP contribution in [0.1, 0.15) is 54.8 Å².